The summed E-state index contributed by atoms with van der Waals surface area (Å²) in [5.74, 6) is 0.527. The maximum Gasteiger partial charge on any atom is 0.255 e. The number of imidazole rings is 1. The van der Waals surface area contributed by atoms with Gasteiger partial charge in [0.25, 0.3) is 5.91 Å². The molecule has 26 heavy (non-hydrogen) atoms. The highest BCUT2D eigenvalue weighted by Gasteiger charge is 2.09. The Bertz CT molecular complexity index is 1100. The number of H-pyrrole nitrogens is 1. The van der Waals surface area contributed by atoms with Crippen LogP contribution in [-0.2, 0) is 0 Å². The highest BCUT2D eigenvalue weighted by molar-refractivity contribution is 6.31. The first kappa shape index (κ1) is 16.6. The van der Waals surface area contributed by atoms with Crippen molar-refractivity contribution in [3.8, 4) is 11.4 Å². The first-order valence-electron chi connectivity index (χ1n) is 7.91. The smallest absolute Gasteiger partial charge is 0.255 e. The molecule has 0 unspecified atom stereocenters. The lowest BCUT2D eigenvalue weighted by Crippen LogP contribution is -2.11. The van der Waals surface area contributed by atoms with E-state index >= 15 is 0 Å². The molecular formula is C20H13Cl2N3O. The SMILES string of the molecule is O=C(Nc1cccc(Cl)c1)c1ccc(-c2nc3ccc(Cl)cc3[nH]2)cc1. The van der Waals surface area contributed by atoms with E-state index in [1.165, 1.54) is 0 Å². The number of aromatic amines is 1. The van der Waals surface area contributed by atoms with Gasteiger partial charge >= 0.3 is 0 Å². The quantitative estimate of drug-likeness (QED) is 0.471. The topological polar surface area (TPSA) is 57.8 Å². The van der Waals surface area contributed by atoms with Crippen molar-refractivity contribution in [3.63, 3.8) is 0 Å². The number of fused-ring (bicyclic) bond motifs is 1. The van der Waals surface area contributed by atoms with Crippen molar-refractivity contribution < 1.29 is 4.79 Å². The Morgan fingerprint density at radius 1 is 0.923 bits per heavy atom. The summed E-state index contributed by atoms with van der Waals surface area (Å²) in [6.45, 7) is 0. The van der Waals surface area contributed by atoms with E-state index in [2.05, 4.69) is 15.3 Å². The molecule has 0 radical (unpaired) electrons. The second-order valence-electron chi connectivity index (χ2n) is 5.79. The lowest BCUT2D eigenvalue weighted by molar-refractivity contribution is 0.102. The van der Waals surface area contributed by atoms with E-state index in [4.69, 9.17) is 23.2 Å². The van der Waals surface area contributed by atoms with Crippen molar-refractivity contribution >= 4 is 45.8 Å². The number of anilines is 1. The van der Waals surface area contributed by atoms with Crippen molar-refractivity contribution in [2.24, 2.45) is 0 Å². The molecule has 0 aliphatic carbocycles. The molecule has 0 aliphatic heterocycles. The normalized spacial score (nSPS) is 10.8. The lowest BCUT2D eigenvalue weighted by Gasteiger charge is -2.06. The summed E-state index contributed by atoms with van der Waals surface area (Å²) in [5, 5.41) is 4.05. The number of nitrogens with one attached hydrogen (secondary N) is 2. The van der Waals surface area contributed by atoms with Gasteiger partial charge < -0.3 is 10.3 Å². The molecule has 0 saturated heterocycles. The van der Waals surface area contributed by atoms with Gasteiger partial charge in [-0.2, -0.15) is 0 Å². The molecule has 1 heterocycles. The van der Waals surface area contributed by atoms with E-state index in [-0.39, 0.29) is 5.91 Å². The Kier molecular flexibility index (Phi) is 4.37. The van der Waals surface area contributed by atoms with Crippen molar-refractivity contribution in [1.82, 2.24) is 9.97 Å². The fourth-order valence-electron chi connectivity index (χ4n) is 2.67. The number of carbonyl (C=O) groups excluding carboxylic acids is 1. The second kappa shape index (κ2) is 6.83. The van der Waals surface area contributed by atoms with E-state index in [0.29, 0.717) is 21.3 Å². The Hall–Kier alpha value is -2.82. The van der Waals surface area contributed by atoms with Crippen LogP contribution in [0.2, 0.25) is 10.0 Å². The average molecular weight is 382 g/mol. The van der Waals surface area contributed by atoms with Gasteiger partial charge in [0.2, 0.25) is 0 Å². The van der Waals surface area contributed by atoms with Crippen molar-refractivity contribution in [2.45, 2.75) is 0 Å². The summed E-state index contributed by atoms with van der Waals surface area (Å²) < 4.78 is 0. The number of rotatable bonds is 3. The largest absolute Gasteiger partial charge is 0.338 e. The zero-order valence-electron chi connectivity index (χ0n) is 13.5. The van der Waals surface area contributed by atoms with Crippen LogP contribution in [0.25, 0.3) is 22.4 Å². The third-order valence-corrected chi connectivity index (χ3v) is 4.42. The molecule has 0 saturated carbocycles. The third-order valence-electron chi connectivity index (χ3n) is 3.95. The van der Waals surface area contributed by atoms with Crippen LogP contribution >= 0.6 is 23.2 Å². The molecule has 0 bridgehead atoms. The molecule has 1 amide bonds. The average Bonchev–Trinajstić information content (AvgIpc) is 3.05. The highest BCUT2D eigenvalue weighted by Crippen LogP contribution is 2.23. The fourth-order valence-corrected chi connectivity index (χ4v) is 3.03. The monoisotopic (exact) mass is 381 g/mol. The van der Waals surface area contributed by atoms with E-state index in [0.717, 1.165) is 22.4 Å². The molecule has 6 heteroatoms. The summed E-state index contributed by atoms with van der Waals surface area (Å²) in [6.07, 6.45) is 0. The minimum Gasteiger partial charge on any atom is -0.338 e. The molecule has 0 fully saturated rings. The number of halogens is 2. The molecule has 0 aliphatic rings. The van der Waals surface area contributed by atoms with Crippen LogP contribution in [-0.4, -0.2) is 15.9 Å². The molecule has 4 aromatic rings. The van der Waals surface area contributed by atoms with Gasteiger partial charge in [0.05, 0.1) is 11.0 Å². The number of benzene rings is 3. The number of hydrogen-bond acceptors (Lipinski definition) is 2. The van der Waals surface area contributed by atoms with Gasteiger partial charge in [-0.15, -0.1) is 0 Å². The standard InChI is InChI=1S/C20H13Cl2N3O/c21-14-2-1-3-16(10-14)23-20(26)13-6-4-12(5-7-13)19-24-17-9-8-15(22)11-18(17)25-19/h1-11H,(H,23,26)(H,24,25). The van der Waals surface area contributed by atoms with E-state index in [1.807, 2.05) is 24.3 Å². The molecule has 1 aromatic heterocycles. The van der Waals surface area contributed by atoms with E-state index < -0.39 is 0 Å². The maximum atomic E-state index is 12.4. The Morgan fingerprint density at radius 3 is 2.46 bits per heavy atom. The van der Waals surface area contributed by atoms with E-state index in [9.17, 15) is 4.79 Å². The Balaban J connectivity index is 1.56. The molecular weight excluding hydrogens is 369 g/mol. The first-order valence-corrected chi connectivity index (χ1v) is 8.67. The van der Waals surface area contributed by atoms with Crippen LogP contribution < -0.4 is 5.32 Å². The Labute approximate surface area is 159 Å². The molecule has 0 atom stereocenters. The van der Waals surface area contributed by atoms with Crippen LogP contribution in [0.4, 0.5) is 5.69 Å². The van der Waals surface area contributed by atoms with Gasteiger partial charge in [-0.25, -0.2) is 4.98 Å². The molecule has 4 rings (SSSR count). The summed E-state index contributed by atoms with van der Waals surface area (Å²) in [7, 11) is 0. The van der Waals surface area contributed by atoms with Gasteiger partial charge in [-0.3, -0.25) is 4.79 Å². The number of nitrogens with zero attached hydrogens (tertiary/aromatic N) is 1. The lowest BCUT2D eigenvalue weighted by atomic mass is 10.1. The first-order chi connectivity index (χ1) is 12.6. The second-order valence-corrected chi connectivity index (χ2v) is 6.66. The fraction of sp³-hybridized carbons (Fsp3) is 0. The van der Waals surface area contributed by atoms with E-state index in [1.54, 1.807) is 42.5 Å². The van der Waals surface area contributed by atoms with Crippen LogP contribution in [0, 0.1) is 0 Å². The van der Waals surface area contributed by atoms with Crippen LogP contribution in [0.1, 0.15) is 10.4 Å². The van der Waals surface area contributed by atoms with Gasteiger partial charge in [-0.05, 0) is 48.5 Å². The number of amides is 1. The molecule has 0 spiro atoms. The van der Waals surface area contributed by atoms with Crippen molar-refractivity contribution in [1.29, 1.82) is 0 Å². The summed E-state index contributed by atoms with van der Waals surface area (Å²) in [5.41, 5.74) is 3.80. The predicted molar refractivity (Wildman–Crippen MR) is 106 cm³/mol. The molecule has 2 N–H and O–H groups in total. The molecule has 3 aromatic carbocycles. The Morgan fingerprint density at radius 2 is 1.69 bits per heavy atom. The summed E-state index contributed by atoms with van der Waals surface area (Å²) in [6, 6.07) is 19.8. The summed E-state index contributed by atoms with van der Waals surface area (Å²) >= 11 is 11.9. The summed E-state index contributed by atoms with van der Waals surface area (Å²) in [4.78, 5) is 20.1. The number of aromatic nitrogens is 2. The van der Waals surface area contributed by atoms with Crippen molar-refractivity contribution in [2.75, 3.05) is 5.32 Å². The maximum absolute atomic E-state index is 12.4. The number of hydrogen-bond donors (Lipinski definition) is 2. The van der Waals surface area contributed by atoms with Gasteiger partial charge in [0.15, 0.2) is 0 Å². The van der Waals surface area contributed by atoms with Gasteiger partial charge in [0, 0.05) is 26.9 Å². The zero-order chi connectivity index (χ0) is 18.1. The minimum absolute atomic E-state index is 0.199. The van der Waals surface area contributed by atoms with Crippen LogP contribution in [0.3, 0.4) is 0 Å². The zero-order valence-corrected chi connectivity index (χ0v) is 15.0. The van der Waals surface area contributed by atoms with Crippen LogP contribution in [0.5, 0.6) is 0 Å². The van der Waals surface area contributed by atoms with Gasteiger partial charge in [0.1, 0.15) is 5.82 Å². The van der Waals surface area contributed by atoms with Crippen LogP contribution in [0.15, 0.2) is 66.7 Å². The third kappa shape index (κ3) is 3.43. The van der Waals surface area contributed by atoms with Gasteiger partial charge in [-0.1, -0.05) is 41.4 Å². The highest BCUT2D eigenvalue weighted by atomic mass is 35.5. The minimum atomic E-state index is -0.199. The molecule has 128 valence electrons. The predicted octanol–water partition coefficient (Wildman–Crippen LogP) is 5.79. The molecule has 4 nitrogen and oxygen atoms in total. The number of carbonyl (C=O) groups is 1. The van der Waals surface area contributed by atoms with Crippen molar-refractivity contribution in [3.05, 3.63) is 82.3 Å².